The summed E-state index contributed by atoms with van der Waals surface area (Å²) in [7, 11) is 1.44. The van der Waals surface area contributed by atoms with Crippen LogP contribution in [0.25, 0.3) is 0 Å². The van der Waals surface area contributed by atoms with Crippen molar-refractivity contribution in [2.45, 2.75) is 37.5 Å². The summed E-state index contributed by atoms with van der Waals surface area (Å²) in [6.45, 7) is 0.144. The molecule has 2 aliphatic rings. The van der Waals surface area contributed by atoms with E-state index in [1.54, 1.807) is 4.90 Å². The van der Waals surface area contributed by atoms with Gasteiger partial charge in [-0.05, 0) is 43.4 Å². The number of hydrogen-bond acceptors (Lipinski definition) is 5. The minimum absolute atomic E-state index is 0.102. The highest BCUT2D eigenvalue weighted by molar-refractivity contribution is 5.94. The number of rotatable bonds is 5. The van der Waals surface area contributed by atoms with Crippen molar-refractivity contribution in [3.8, 4) is 11.8 Å². The number of ether oxygens (including phenoxy) is 2. The Kier molecular flexibility index (Phi) is 5.06. The third kappa shape index (κ3) is 3.86. The van der Waals surface area contributed by atoms with Gasteiger partial charge in [0.2, 0.25) is 0 Å². The molecular formula is C20H20F3N3O3. The maximum Gasteiger partial charge on any atom is 0.416 e. The molecule has 6 nitrogen and oxygen atoms in total. The molecule has 0 spiro atoms. The van der Waals surface area contributed by atoms with Gasteiger partial charge in [-0.15, -0.1) is 0 Å². The van der Waals surface area contributed by atoms with Crippen LogP contribution in [0.1, 0.15) is 35.2 Å². The second-order valence-corrected chi connectivity index (χ2v) is 7.30. The van der Waals surface area contributed by atoms with E-state index in [0.29, 0.717) is 5.56 Å². The minimum Gasteiger partial charge on any atom is -0.491 e. The van der Waals surface area contributed by atoms with Gasteiger partial charge in [0.15, 0.2) is 0 Å². The van der Waals surface area contributed by atoms with Gasteiger partial charge in [0.05, 0.1) is 24.3 Å². The molecule has 1 saturated heterocycles. The Balaban J connectivity index is 1.49. The molecule has 9 heteroatoms. The Morgan fingerprint density at radius 1 is 1.24 bits per heavy atom. The molecule has 1 aromatic heterocycles. The Labute approximate surface area is 165 Å². The predicted molar refractivity (Wildman–Crippen MR) is 96.6 cm³/mol. The molecule has 29 heavy (non-hydrogen) atoms. The van der Waals surface area contributed by atoms with Crippen LogP contribution in [0.5, 0.6) is 11.8 Å². The van der Waals surface area contributed by atoms with E-state index in [1.165, 1.54) is 31.6 Å². The Morgan fingerprint density at radius 3 is 2.69 bits per heavy atom. The predicted octanol–water partition coefficient (Wildman–Crippen LogP) is 3.58. The van der Waals surface area contributed by atoms with Gasteiger partial charge in [0.1, 0.15) is 12.4 Å². The lowest BCUT2D eigenvalue weighted by Gasteiger charge is -2.35. The first-order valence-electron chi connectivity index (χ1n) is 9.35. The second kappa shape index (κ2) is 7.53. The summed E-state index contributed by atoms with van der Waals surface area (Å²) in [5, 5.41) is 0. The fourth-order valence-corrected chi connectivity index (χ4v) is 4.25. The summed E-state index contributed by atoms with van der Waals surface area (Å²) in [6.07, 6.45) is 1.18. The monoisotopic (exact) mass is 407 g/mol. The van der Waals surface area contributed by atoms with Crippen molar-refractivity contribution in [2.24, 2.45) is 5.92 Å². The maximum absolute atomic E-state index is 13.0. The lowest BCUT2D eigenvalue weighted by Crippen LogP contribution is -2.47. The van der Waals surface area contributed by atoms with Crippen LogP contribution in [0.3, 0.4) is 0 Å². The number of benzene rings is 1. The third-order valence-corrected chi connectivity index (χ3v) is 5.61. The van der Waals surface area contributed by atoms with Gasteiger partial charge >= 0.3 is 12.2 Å². The Bertz CT molecular complexity index is 889. The molecule has 0 unspecified atom stereocenters. The minimum atomic E-state index is -4.43. The number of piperidine rings is 1. The maximum atomic E-state index is 13.0. The van der Waals surface area contributed by atoms with Crippen molar-refractivity contribution in [1.29, 1.82) is 0 Å². The van der Waals surface area contributed by atoms with Crippen LogP contribution in [0.15, 0.2) is 36.7 Å². The molecule has 4 rings (SSSR count). The fourth-order valence-electron chi connectivity index (χ4n) is 4.25. The van der Waals surface area contributed by atoms with Gasteiger partial charge in [-0.3, -0.25) is 4.79 Å². The van der Waals surface area contributed by atoms with Crippen LogP contribution in [0, 0.1) is 5.92 Å². The largest absolute Gasteiger partial charge is 0.491 e. The Hall–Kier alpha value is -2.84. The number of halogens is 3. The molecule has 1 aliphatic carbocycles. The van der Waals surface area contributed by atoms with Gasteiger partial charge in [-0.2, -0.15) is 13.2 Å². The molecule has 154 valence electrons. The molecule has 0 N–H and O–H groups in total. The van der Waals surface area contributed by atoms with E-state index in [1.807, 2.05) is 0 Å². The van der Waals surface area contributed by atoms with Crippen LogP contribution in [-0.4, -0.2) is 46.6 Å². The molecule has 1 aliphatic heterocycles. The molecule has 1 aromatic carbocycles. The highest BCUT2D eigenvalue weighted by atomic mass is 19.4. The fraction of sp³-hybridized carbons (Fsp3) is 0.450. The van der Waals surface area contributed by atoms with Crippen LogP contribution >= 0.6 is 0 Å². The van der Waals surface area contributed by atoms with Gasteiger partial charge in [0, 0.05) is 18.4 Å². The third-order valence-electron chi connectivity index (χ3n) is 5.61. The van der Waals surface area contributed by atoms with E-state index in [9.17, 15) is 18.0 Å². The van der Waals surface area contributed by atoms with Crippen molar-refractivity contribution in [2.75, 3.05) is 13.7 Å². The van der Waals surface area contributed by atoms with Crippen molar-refractivity contribution in [3.05, 3.63) is 47.8 Å². The molecule has 2 heterocycles. The molecule has 1 amide bonds. The van der Waals surface area contributed by atoms with E-state index < -0.39 is 11.7 Å². The van der Waals surface area contributed by atoms with Crippen molar-refractivity contribution in [3.63, 3.8) is 0 Å². The Morgan fingerprint density at radius 2 is 2.00 bits per heavy atom. The number of carbonyl (C=O) groups excluding carboxylic acids is 1. The smallest absolute Gasteiger partial charge is 0.416 e. The van der Waals surface area contributed by atoms with Crippen molar-refractivity contribution < 1.29 is 27.4 Å². The molecule has 1 saturated carbocycles. The first kappa shape index (κ1) is 19.5. The molecule has 0 radical (unpaired) electrons. The second-order valence-electron chi connectivity index (χ2n) is 7.30. The van der Waals surface area contributed by atoms with Crippen molar-refractivity contribution >= 4 is 5.91 Å². The normalized spacial score (nSPS) is 23.3. The number of alkyl halides is 3. The van der Waals surface area contributed by atoms with E-state index in [0.717, 1.165) is 31.4 Å². The summed E-state index contributed by atoms with van der Waals surface area (Å²) in [5.41, 5.74) is -0.409. The van der Waals surface area contributed by atoms with E-state index >= 15 is 0 Å². The number of aromatic nitrogens is 2. The van der Waals surface area contributed by atoms with Gasteiger partial charge < -0.3 is 14.4 Å². The number of fused-ring (bicyclic) bond motifs is 2. The zero-order valence-electron chi connectivity index (χ0n) is 15.7. The first-order chi connectivity index (χ1) is 13.9. The average molecular weight is 407 g/mol. The zero-order valence-corrected chi connectivity index (χ0v) is 15.7. The number of amides is 1. The standard InChI is InChI=1S/C20H20F3N3O3/c1-28-19-24-9-13(10-25-19)18(27)26-15-6-5-12(7-15)17(26)11-29-16-4-2-3-14(8-16)20(21,22)23/h2-4,8-10,12,15,17H,5-7,11H2,1H3/t12-,15-,17-/m1/s1. The summed E-state index contributed by atoms with van der Waals surface area (Å²) in [4.78, 5) is 22.8. The van der Waals surface area contributed by atoms with E-state index in [-0.39, 0.29) is 42.3 Å². The van der Waals surface area contributed by atoms with Gasteiger partial charge in [-0.25, -0.2) is 9.97 Å². The summed E-state index contributed by atoms with van der Waals surface area (Å²) in [6, 6.07) is 4.87. The van der Waals surface area contributed by atoms with Crippen LogP contribution in [0.4, 0.5) is 13.2 Å². The number of likely N-dealkylation sites (tertiary alicyclic amines) is 1. The quantitative estimate of drug-likeness (QED) is 0.758. The lowest BCUT2D eigenvalue weighted by molar-refractivity contribution is -0.137. The van der Waals surface area contributed by atoms with E-state index in [4.69, 9.17) is 9.47 Å². The molecule has 2 bridgehead atoms. The molecular weight excluding hydrogens is 387 g/mol. The van der Waals surface area contributed by atoms with Crippen molar-refractivity contribution in [1.82, 2.24) is 14.9 Å². The highest BCUT2D eigenvalue weighted by Gasteiger charge is 2.48. The number of carbonyl (C=O) groups is 1. The molecule has 2 aromatic rings. The number of nitrogens with zero attached hydrogens (tertiary/aromatic N) is 3. The van der Waals surface area contributed by atoms with Gasteiger partial charge in [0.25, 0.3) is 5.91 Å². The topological polar surface area (TPSA) is 64.5 Å². The summed E-state index contributed by atoms with van der Waals surface area (Å²) < 4.78 is 49.3. The SMILES string of the molecule is COc1ncc(C(=O)N2[C@@H]3CC[C@H](C3)[C@H]2COc2cccc(C(F)(F)F)c2)cn1. The zero-order chi connectivity index (χ0) is 20.6. The molecule has 3 atom stereocenters. The van der Waals surface area contributed by atoms with Crippen LogP contribution in [-0.2, 0) is 6.18 Å². The van der Waals surface area contributed by atoms with E-state index in [2.05, 4.69) is 9.97 Å². The van der Waals surface area contributed by atoms with Crippen LogP contribution in [0.2, 0.25) is 0 Å². The van der Waals surface area contributed by atoms with Crippen LogP contribution < -0.4 is 9.47 Å². The number of hydrogen-bond donors (Lipinski definition) is 0. The number of methoxy groups -OCH3 is 1. The molecule has 2 fully saturated rings. The lowest BCUT2D eigenvalue weighted by atomic mass is 9.99. The first-order valence-corrected chi connectivity index (χ1v) is 9.35. The van der Waals surface area contributed by atoms with Gasteiger partial charge in [-0.1, -0.05) is 6.07 Å². The highest BCUT2D eigenvalue weighted by Crippen LogP contribution is 2.43. The summed E-state index contributed by atoms with van der Waals surface area (Å²) >= 11 is 0. The summed E-state index contributed by atoms with van der Waals surface area (Å²) in [5.74, 6) is 0.217. The average Bonchev–Trinajstić information content (AvgIpc) is 3.33.